The van der Waals surface area contributed by atoms with Crippen molar-refractivity contribution in [1.29, 1.82) is 0 Å². The molecule has 0 bridgehead atoms. The average molecular weight is 2190 g/mol. The number of carboxylic acid groups (broad SMARTS) is 4. The first-order chi connectivity index (χ1) is 67.3. The number of esters is 4. The van der Waals surface area contributed by atoms with E-state index in [2.05, 4.69) is 120 Å². The lowest BCUT2D eigenvalue weighted by Gasteiger charge is -2.30. The third kappa shape index (κ3) is 83.7. The molecule has 0 spiro atoms. The van der Waals surface area contributed by atoms with Gasteiger partial charge in [0.05, 0.1) is 200 Å². The molecule has 0 radical (unpaired) electrons. The van der Waals surface area contributed by atoms with Gasteiger partial charge in [-0.15, -0.1) is 12.4 Å². The summed E-state index contributed by atoms with van der Waals surface area (Å²) in [5.41, 5.74) is -0.954. The third-order valence-corrected chi connectivity index (χ3v) is 22.7. The first-order valence-electron chi connectivity index (χ1n) is 50.0. The van der Waals surface area contributed by atoms with E-state index in [0.29, 0.717) is 175 Å². The molecule has 48 heteroatoms. The van der Waals surface area contributed by atoms with Crippen LogP contribution in [0.15, 0.2) is 0 Å². The summed E-state index contributed by atoms with van der Waals surface area (Å²) in [4.78, 5) is 161. The van der Waals surface area contributed by atoms with Crippen molar-refractivity contribution in [3.63, 3.8) is 0 Å². The molecule has 142 heavy (non-hydrogen) atoms. The molecule has 7 rings (SSSR count). The van der Waals surface area contributed by atoms with Crippen LogP contribution in [0.3, 0.4) is 0 Å². The number of halogens is 3. The number of alkyl halides is 2. The van der Waals surface area contributed by atoms with Crippen LogP contribution in [0.1, 0.15) is 95.9 Å². The van der Waals surface area contributed by atoms with E-state index in [1.807, 2.05) is 61.1 Å². The maximum Gasteiger partial charge on any atom is 0.320 e. The fraction of sp³-hybridized carbons (Fsp3) is 0.872. The van der Waals surface area contributed by atoms with Gasteiger partial charge in [0.1, 0.15) is 12.3 Å². The van der Waals surface area contributed by atoms with Crippen LogP contribution in [0.4, 0.5) is 0 Å². The minimum absolute atomic E-state index is 0. The number of rotatable bonds is 36. The lowest BCUT2D eigenvalue weighted by atomic mass is 9.98. The molecule has 0 aromatic rings. The molecule has 7 fully saturated rings. The number of likely N-dealkylation sites (tertiary alicyclic amines) is 2. The molecule has 7 aliphatic heterocycles. The number of carboxylic acids is 4. The summed E-state index contributed by atoms with van der Waals surface area (Å²) in [6, 6.07) is 0. The van der Waals surface area contributed by atoms with Crippen molar-refractivity contribution < 1.29 is 135 Å². The zero-order chi connectivity index (χ0) is 105. The van der Waals surface area contributed by atoms with Crippen LogP contribution in [0.5, 0.6) is 0 Å². The van der Waals surface area contributed by atoms with Gasteiger partial charge in [-0.25, -0.2) is 0 Å². The van der Waals surface area contributed by atoms with E-state index in [4.69, 9.17) is 72.5 Å². The number of hydrogen-bond acceptors (Lipinski definition) is 41. The summed E-state index contributed by atoms with van der Waals surface area (Å²) in [7, 11) is 0. The largest absolute Gasteiger partial charge is 0.480 e. The Hall–Kier alpha value is -5.15. The van der Waals surface area contributed by atoms with Crippen molar-refractivity contribution in [3.8, 4) is 0 Å². The summed E-state index contributed by atoms with van der Waals surface area (Å²) in [5.74, 6) is -5.80. The SMILES string of the molecule is C1CNCCOCCN1.C1COCCNCCOCCN1.CC(=O)OC(C)=O.CCN(CC)CC(Br)Br.CCN(CCN1CCOCCN(CCN(CC)CC(=O)OC(C)(C)C)CCOCC1)COC(=O)C(C)(C)C.Cl.O=C(O)CN(CCN1CCOCCN(CCN(CC(=O)O)CC(=O)O)CCOCC1)CC(=O)O.O=C1CC(=O)CN(CCN2CCOCCN(CCN3CC(=O)CC(=O)C3)CCOCC2)C1. The molecule has 0 aliphatic carbocycles. The summed E-state index contributed by atoms with van der Waals surface area (Å²) in [6.07, 6.45) is 0.153. The van der Waals surface area contributed by atoms with Crippen molar-refractivity contribution in [2.45, 2.75) is 105 Å². The Morgan fingerprint density at radius 2 is 0.585 bits per heavy atom. The number of likely N-dealkylation sites (N-methyl/N-ethyl adjacent to an activating group) is 2. The molecular formula is C94H180Br2ClN17O28. The Morgan fingerprint density at radius 3 is 0.810 bits per heavy atom. The lowest BCUT2D eigenvalue weighted by molar-refractivity contribution is -0.158. The topological polar surface area (TPSA) is 487 Å². The highest BCUT2D eigenvalue weighted by atomic mass is 79.9. The van der Waals surface area contributed by atoms with Gasteiger partial charge in [-0.05, 0) is 67.7 Å². The fourth-order valence-corrected chi connectivity index (χ4v) is 15.1. The van der Waals surface area contributed by atoms with Crippen molar-refractivity contribution in [2.24, 2.45) is 5.41 Å². The Kier molecular flexibility index (Phi) is 84.5. The van der Waals surface area contributed by atoms with Gasteiger partial charge in [-0.3, -0.25) is 116 Å². The molecule has 0 unspecified atom stereocenters. The van der Waals surface area contributed by atoms with Crippen LogP contribution >= 0.6 is 44.3 Å². The number of ketones is 4. The predicted octanol–water partition coefficient (Wildman–Crippen LogP) is -0.556. The van der Waals surface area contributed by atoms with Gasteiger partial charge in [-0.1, -0.05) is 59.6 Å². The van der Waals surface area contributed by atoms with E-state index >= 15 is 0 Å². The minimum atomic E-state index is -1.08. The highest BCUT2D eigenvalue weighted by molar-refractivity contribution is 9.24. The second-order valence-corrected chi connectivity index (χ2v) is 39.9. The Bertz CT molecular complexity index is 3050. The number of hydrogen-bond donors (Lipinski definition) is 8. The Balaban J connectivity index is 0.00000177. The van der Waals surface area contributed by atoms with E-state index in [1.165, 1.54) is 23.6 Å². The van der Waals surface area contributed by atoms with Gasteiger partial charge < -0.3 is 103 Å². The average Bonchev–Trinajstić information content (AvgIpc) is 0.889. The number of piperidine rings is 2. The van der Waals surface area contributed by atoms with Gasteiger partial charge in [0.25, 0.3) is 0 Å². The van der Waals surface area contributed by atoms with E-state index in [9.17, 15) is 57.5 Å². The van der Waals surface area contributed by atoms with Crippen LogP contribution in [-0.4, -0.2) is 591 Å². The molecule has 7 saturated heterocycles. The number of carbonyl (C=O) groups is 12. The molecule has 0 amide bonds. The molecule has 830 valence electrons. The van der Waals surface area contributed by atoms with Crippen LogP contribution in [-0.2, 0) is 114 Å². The predicted molar refractivity (Wildman–Crippen MR) is 548 cm³/mol. The minimum Gasteiger partial charge on any atom is -0.480 e. The standard InChI is InChI=1S/C28H56N4O6.C22H36N4O6.C20H36N4O10.C8H18N2O2.C6H13Br2N.C6H14N2O.C4H6O3.ClH/c1-9-29(23-25(33)38-28(6,7)8)11-13-31-15-19-35-21-17-32(18-22-36-20-16-31)14-12-30(10-2)24-37-26(34)27(3,4)5;27-19-13-20(28)16-25(15-19)3-1-23-5-9-31-11-7-24(8-12-32-10-6-23)2-4-26-17-21(29)14-22(30)18-26;25-17(26)13-23(14-18(27)28)3-1-21-5-9-33-11-7-22(8-12-34-10-6-21)2-4-24(15-19(29)30)16-20(31)32;1-5-11-7-3-10-4-8-12-6-2-9-1;1-3-9(4-2)5-6(7)8;1-2-8-4-6-9-5-3-7-1;1-3(5)7-4(2)6;/h9-24H2,1-8H3;1-18H2;1-16H2,(H,25,26)(H,27,28)(H,29,30)(H,31,32);9-10H,1-8H2;6H,3-5H2,1-2H3;7-8H,1-6H2;1-2H3;1H. The van der Waals surface area contributed by atoms with Crippen LogP contribution in [0.25, 0.3) is 0 Å². The second-order valence-electron chi connectivity index (χ2n) is 36.4. The first kappa shape index (κ1) is 137. The molecular weight excluding hydrogens is 2010 g/mol. The highest BCUT2D eigenvalue weighted by Gasteiger charge is 2.29. The van der Waals surface area contributed by atoms with Gasteiger partial charge in [-0.2, -0.15) is 0 Å². The van der Waals surface area contributed by atoms with Crippen molar-refractivity contribution >= 4 is 115 Å². The van der Waals surface area contributed by atoms with Crippen LogP contribution in [0.2, 0.25) is 0 Å². The molecule has 0 aromatic heterocycles. The fourth-order valence-electron chi connectivity index (χ4n) is 14.2. The van der Waals surface area contributed by atoms with Crippen molar-refractivity contribution in [1.82, 2.24) is 85.0 Å². The summed E-state index contributed by atoms with van der Waals surface area (Å²) in [5, 5.41) is 48.8. The number of nitrogens with zero attached hydrogens (tertiary/aromatic N) is 13. The van der Waals surface area contributed by atoms with Crippen molar-refractivity contribution in [3.05, 3.63) is 0 Å². The zero-order valence-electron chi connectivity index (χ0n) is 87.5. The van der Waals surface area contributed by atoms with E-state index in [1.54, 1.807) is 0 Å². The van der Waals surface area contributed by atoms with E-state index in [-0.39, 0.29) is 99.6 Å². The highest BCUT2D eigenvalue weighted by Crippen LogP contribution is 2.16. The smallest absolute Gasteiger partial charge is 0.320 e. The monoisotopic (exact) mass is 2190 g/mol. The molecule has 0 saturated carbocycles. The summed E-state index contributed by atoms with van der Waals surface area (Å²) >= 11 is 6.86. The first-order valence-corrected chi connectivity index (χ1v) is 51.9. The molecule has 0 atom stereocenters. The summed E-state index contributed by atoms with van der Waals surface area (Å²) < 4.78 is 66.4. The third-order valence-electron chi connectivity index (χ3n) is 22.1. The van der Waals surface area contributed by atoms with Crippen molar-refractivity contribution in [2.75, 3.05) is 427 Å². The molecule has 45 nitrogen and oxygen atoms in total. The second kappa shape index (κ2) is 87.7. The van der Waals surface area contributed by atoms with E-state index in [0.717, 1.165) is 216 Å². The molecule has 0 aromatic carbocycles. The van der Waals surface area contributed by atoms with Gasteiger partial charge in [0.2, 0.25) is 0 Å². The van der Waals surface area contributed by atoms with Crippen LogP contribution < -0.4 is 21.3 Å². The maximum atomic E-state index is 12.2. The lowest BCUT2D eigenvalue weighted by Crippen LogP contribution is -2.46. The number of Topliss-reactive ketones (excluding diaryl/α,β-unsaturated/α-hetero) is 4. The molecule has 7 heterocycles. The van der Waals surface area contributed by atoms with E-state index < -0.39 is 46.8 Å². The maximum absolute atomic E-state index is 12.2. The number of ether oxygens (including phenoxy) is 12. The quantitative estimate of drug-likeness (QED) is 0.0128. The Labute approximate surface area is 867 Å². The van der Waals surface area contributed by atoms with Crippen LogP contribution in [0, 0.1) is 5.41 Å². The number of nitrogens with one attached hydrogen (secondary N) is 4. The number of carbonyl (C=O) groups excluding carboxylic acids is 8. The zero-order valence-corrected chi connectivity index (χ0v) is 91.5. The Morgan fingerprint density at radius 1 is 0.345 bits per heavy atom. The normalized spacial score (nSPS) is 19.2. The number of aliphatic carboxylic acids is 4. The molecule has 8 N–H and O–H groups in total. The summed E-state index contributed by atoms with van der Waals surface area (Å²) in [6.45, 7) is 63.7. The van der Waals surface area contributed by atoms with Gasteiger partial charge >= 0.3 is 47.8 Å². The molecule has 7 aliphatic rings. The van der Waals surface area contributed by atoms with Gasteiger partial charge in [0, 0.05) is 230 Å². The van der Waals surface area contributed by atoms with Gasteiger partial charge in [0.15, 0.2) is 23.1 Å².